The summed E-state index contributed by atoms with van der Waals surface area (Å²) in [5, 5.41) is 0. The summed E-state index contributed by atoms with van der Waals surface area (Å²) in [5.74, 6) is 0.647. The maximum atomic E-state index is 13.2. The molecule has 2 atom stereocenters. The van der Waals surface area contributed by atoms with Crippen molar-refractivity contribution in [3.8, 4) is 0 Å². The number of hydrogen-bond acceptors (Lipinski definition) is 3. The first-order valence-corrected chi connectivity index (χ1v) is 10.1. The van der Waals surface area contributed by atoms with E-state index in [4.69, 9.17) is 0 Å². The van der Waals surface area contributed by atoms with Gasteiger partial charge in [-0.2, -0.15) is 0 Å². The molecule has 1 aromatic heterocycles. The van der Waals surface area contributed by atoms with Crippen molar-refractivity contribution in [3.05, 3.63) is 45.4 Å². The lowest BCUT2D eigenvalue weighted by Gasteiger charge is -2.35. The molecule has 4 rings (SSSR count). The molecule has 5 heteroatoms. The van der Waals surface area contributed by atoms with Gasteiger partial charge >= 0.3 is 0 Å². The first kappa shape index (κ1) is 19.9. The van der Waals surface area contributed by atoms with Gasteiger partial charge in [-0.15, -0.1) is 0 Å². The largest absolute Gasteiger partial charge is 0.337 e. The predicted octanol–water partition coefficient (Wildman–Crippen LogP) is 3.01. The number of carbonyl (C=O) groups is 1. The van der Waals surface area contributed by atoms with Gasteiger partial charge in [-0.1, -0.05) is 25.5 Å². The van der Waals surface area contributed by atoms with Crippen LogP contribution in [0.4, 0.5) is 0 Å². The molecule has 0 aromatic carbocycles. The molecule has 2 bridgehead atoms. The van der Waals surface area contributed by atoms with E-state index in [0.717, 1.165) is 38.3 Å². The van der Waals surface area contributed by atoms with Crippen molar-refractivity contribution < 1.29 is 4.79 Å². The third-order valence-corrected chi connectivity index (χ3v) is 6.01. The Morgan fingerprint density at radius 1 is 1.19 bits per heavy atom. The van der Waals surface area contributed by atoms with Gasteiger partial charge in [-0.3, -0.25) is 14.5 Å². The van der Waals surface area contributed by atoms with Crippen LogP contribution < -0.4 is 5.56 Å². The minimum absolute atomic E-state index is 0.105. The van der Waals surface area contributed by atoms with Crippen molar-refractivity contribution in [1.82, 2.24) is 14.4 Å². The standard InChI is InChI=1S/C22H33N3O2/c1-15(2)10-11-24-12-17-6-7-18(24)14-25(13-17)22(27)19-8-9-20(16(3)4)23(5)21(19)26/h8-10,16-18H,6-7,11-14H2,1-5H3/t17-,18-/m0/s1. The van der Waals surface area contributed by atoms with Gasteiger partial charge in [0.05, 0.1) is 0 Å². The Bertz CT molecular complexity index is 789. The zero-order chi connectivity index (χ0) is 19.7. The third kappa shape index (κ3) is 4.18. The quantitative estimate of drug-likeness (QED) is 0.765. The van der Waals surface area contributed by atoms with Crippen molar-refractivity contribution in [3.63, 3.8) is 0 Å². The van der Waals surface area contributed by atoms with Crippen LogP contribution in [0.1, 0.15) is 62.5 Å². The highest BCUT2D eigenvalue weighted by atomic mass is 16.2. The van der Waals surface area contributed by atoms with E-state index in [2.05, 4.69) is 38.7 Å². The lowest BCUT2D eigenvalue weighted by molar-refractivity contribution is 0.0738. The Kier molecular flexibility index (Phi) is 5.89. The predicted molar refractivity (Wildman–Crippen MR) is 109 cm³/mol. The lowest BCUT2D eigenvalue weighted by atomic mass is 9.95. The lowest BCUT2D eigenvalue weighted by Crippen LogP contribution is -2.45. The molecule has 3 fully saturated rings. The summed E-state index contributed by atoms with van der Waals surface area (Å²) in [7, 11) is 1.77. The molecule has 0 spiro atoms. The molecule has 0 unspecified atom stereocenters. The fraction of sp³-hybridized carbons (Fsp3) is 0.636. The molecule has 0 radical (unpaired) electrons. The summed E-state index contributed by atoms with van der Waals surface area (Å²) >= 11 is 0. The van der Waals surface area contributed by atoms with Gasteiger partial charge in [0, 0.05) is 45.0 Å². The van der Waals surface area contributed by atoms with Crippen molar-refractivity contribution in [2.45, 2.75) is 52.5 Å². The van der Waals surface area contributed by atoms with Crippen LogP contribution in [0.2, 0.25) is 0 Å². The fourth-order valence-corrected chi connectivity index (χ4v) is 4.43. The smallest absolute Gasteiger partial charge is 0.263 e. The highest BCUT2D eigenvalue weighted by Gasteiger charge is 2.36. The van der Waals surface area contributed by atoms with Crippen molar-refractivity contribution in [2.75, 3.05) is 26.2 Å². The van der Waals surface area contributed by atoms with Crippen LogP contribution >= 0.6 is 0 Å². The first-order valence-electron chi connectivity index (χ1n) is 10.1. The minimum Gasteiger partial charge on any atom is -0.337 e. The average molecular weight is 372 g/mol. The average Bonchev–Trinajstić information content (AvgIpc) is 2.93. The van der Waals surface area contributed by atoms with Crippen molar-refractivity contribution in [2.24, 2.45) is 13.0 Å². The van der Waals surface area contributed by atoms with E-state index in [1.54, 1.807) is 17.7 Å². The van der Waals surface area contributed by atoms with E-state index in [0.29, 0.717) is 17.5 Å². The molecule has 0 N–H and O–H groups in total. The van der Waals surface area contributed by atoms with Gasteiger partial charge in [0.1, 0.15) is 5.56 Å². The second kappa shape index (κ2) is 8.01. The van der Waals surface area contributed by atoms with Crippen LogP contribution in [0.3, 0.4) is 0 Å². The van der Waals surface area contributed by atoms with E-state index in [1.807, 2.05) is 11.0 Å². The molecule has 1 aromatic rings. The molecule has 0 aliphatic carbocycles. The fourth-order valence-electron chi connectivity index (χ4n) is 4.43. The summed E-state index contributed by atoms with van der Waals surface area (Å²) < 4.78 is 1.63. The topological polar surface area (TPSA) is 45.5 Å². The van der Waals surface area contributed by atoms with Gasteiger partial charge < -0.3 is 9.47 Å². The molecule has 3 aliphatic heterocycles. The van der Waals surface area contributed by atoms with Gasteiger partial charge in [0.25, 0.3) is 11.5 Å². The van der Waals surface area contributed by atoms with Crippen LogP contribution in [-0.2, 0) is 7.05 Å². The molecule has 0 saturated carbocycles. The second-order valence-corrected chi connectivity index (χ2v) is 8.73. The summed E-state index contributed by atoms with van der Waals surface area (Å²) in [4.78, 5) is 30.4. The van der Waals surface area contributed by atoms with Crippen LogP contribution in [0, 0.1) is 5.92 Å². The Morgan fingerprint density at radius 2 is 1.93 bits per heavy atom. The first-order chi connectivity index (χ1) is 12.8. The van der Waals surface area contributed by atoms with Crippen LogP contribution in [0.15, 0.2) is 28.6 Å². The monoisotopic (exact) mass is 371 g/mol. The SMILES string of the molecule is CC(C)=CCN1C[C@@H]2CC[C@H]1CN(C(=O)c1ccc(C(C)C)n(C)c1=O)C2. The number of allylic oxidation sites excluding steroid dienone is 1. The number of piperidine rings is 1. The summed E-state index contributed by atoms with van der Waals surface area (Å²) in [6.45, 7) is 11.9. The number of pyridine rings is 1. The molecule has 1 amide bonds. The normalized spacial score (nSPS) is 22.8. The number of nitrogens with zero attached hydrogens (tertiary/aromatic N) is 3. The number of fused-ring (bicyclic) bond motifs is 4. The van der Waals surface area contributed by atoms with Crippen LogP contribution in [0.25, 0.3) is 0 Å². The number of hydrogen-bond donors (Lipinski definition) is 0. The molecule has 27 heavy (non-hydrogen) atoms. The zero-order valence-electron chi connectivity index (χ0n) is 17.4. The van der Waals surface area contributed by atoms with E-state index in [1.165, 1.54) is 12.0 Å². The summed E-state index contributed by atoms with van der Waals surface area (Å²) in [5.41, 5.74) is 2.42. The number of rotatable bonds is 4. The molecule has 148 valence electrons. The Hall–Kier alpha value is -1.88. The maximum absolute atomic E-state index is 13.2. The minimum atomic E-state index is -0.177. The Labute approximate surface area is 162 Å². The highest BCUT2D eigenvalue weighted by Crippen LogP contribution is 2.28. The van der Waals surface area contributed by atoms with E-state index >= 15 is 0 Å². The van der Waals surface area contributed by atoms with Gasteiger partial charge in [-0.05, 0) is 50.7 Å². The second-order valence-electron chi connectivity index (χ2n) is 8.73. The maximum Gasteiger partial charge on any atom is 0.263 e. The van der Waals surface area contributed by atoms with Gasteiger partial charge in [0.15, 0.2) is 0 Å². The molecule has 3 aliphatic rings. The van der Waals surface area contributed by atoms with E-state index < -0.39 is 0 Å². The van der Waals surface area contributed by atoms with E-state index in [-0.39, 0.29) is 17.4 Å². The zero-order valence-corrected chi connectivity index (χ0v) is 17.4. The van der Waals surface area contributed by atoms with Gasteiger partial charge in [0.2, 0.25) is 0 Å². The highest BCUT2D eigenvalue weighted by molar-refractivity contribution is 5.94. The molecular formula is C22H33N3O2. The number of aromatic nitrogens is 1. The Balaban J connectivity index is 1.82. The summed E-state index contributed by atoms with van der Waals surface area (Å²) in [6.07, 6.45) is 4.58. The van der Waals surface area contributed by atoms with E-state index in [9.17, 15) is 9.59 Å². The molecule has 5 nitrogen and oxygen atoms in total. The van der Waals surface area contributed by atoms with Crippen molar-refractivity contribution >= 4 is 5.91 Å². The third-order valence-electron chi connectivity index (χ3n) is 6.01. The van der Waals surface area contributed by atoms with Gasteiger partial charge in [-0.25, -0.2) is 0 Å². The van der Waals surface area contributed by atoms with Crippen LogP contribution in [0.5, 0.6) is 0 Å². The number of amides is 1. The molecule has 4 heterocycles. The molecule has 3 saturated heterocycles. The van der Waals surface area contributed by atoms with Crippen LogP contribution in [-0.4, -0.2) is 52.5 Å². The summed E-state index contributed by atoms with van der Waals surface area (Å²) in [6, 6.07) is 4.04. The van der Waals surface area contributed by atoms with Crippen molar-refractivity contribution in [1.29, 1.82) is 0 Å². The Morgan fingerprint density at radius 3 is 2.59 bits per heavy atom. The molecular weight excluding hydrogens is 338 g/mol. The number of carbonyl (C=O) groups excluding carboxylic acids is 1.